The van der Waals surface area contributed by atoms with Gasteiger partial charge in [0.1, 0.15) is 0 Å². The summed E-state index contributed by atoms with van der Waals surface area (Å²) in [5.74, 6) is 0.824. The van der Waals surface area contributed by atoms with Crippen molar-refractivity contribution >= 4 is 0 Å². The molecule has 1 unspecified atom stereocenters. The third-order valence-corrected chi connectivity index (χ3v) is 5.05. The lowest BCUT2D eigenvalue weighted by Crippen LogP contribution is -2.42. The smallest absolute Gasteiger partial charge is 0.0296 e. The molecule has 1 aromatic rings. The molecule has 2 atom stereocenters. The number of likely N-dealkylation sites (tertiary alicyclic amines) is 1. The Morgan fingerprint density at radius 2 is 1.86 bits per heavy atom. The van der Waals surface area contributed by atoms with Crippen LogP contribution in [0.2, 0.25) is 0 Å². The third kappa shape index (κ3) is 4.55. The number of benzene rings is 1. The van der Waals surface area contributed by atoms with Crippen molar-refractivity contribution in [2.75, 3.05) is 19.6 Å². The number of hydrogen-bond donors (Lipinski definition) is 1. The lowest BCUT2D eigenvalue weighted by molar-refractivity contribution is 0.159. The molecule has 1 saturated heterocycles. The van der Waals surface area contributed by atoms with Gasteiger partial charge in [-0.3, -0.25) is 0 Å². The summed E-state index contributed by atoms with van der Waals surface area (Å²) in [6.45, 7) is 13.0. The van der Waals surface area contributed by atoms with Crippen molar-refractivity contribution in [1.82, 2.24) is 10.2 Å². The van der Waals surface area contributed by atoms with Crippen molar-refractivity contribution in [1.29, 1.82) is 0 Å². The number of piperidine rings is 1. The van der Waals surface area contributed by atoms with E-state index in [0.717, 1.165) is 5.92 Å². The molecule has 0 aromatic heterocycles. The van der Waals surface area contributed by atoms with Gasteiger partial charge in [-0.25, -0.2) is 0 Å². The van der Waals surface area contributed by atoms with Crippen molar-refractivity contribution in [2.24, 2.45) is 5.92 Å². The normalized spacial score (nSPS) is 20.4. The summed E-state index contributed by atoms with van der Waals surface area (Å²) in [5, 5.41) is 3.83. The van der Waals surface area contributed by atoms with Crippen LogP contribution in [0.1, 0.15) is 57.2 Å². The van der Waals surface area contributed by atoms with E-state index in [2.05, 4.69) is 62.2 Å². The first-order valence-electron chi connectivity index (χ1n) is 8.65. The van der Waals surface area contributed by atoms with Crippen LogP contribution in [0, 0.1) is 12.8 Å². The predicted octanol–water partition coefficient (Wildman–Crippen LogP) is 4.16. The highest BCUT2D eigenvalue weighted by atomic mass is 15.1. The molecule has 1 aliphatic rings. The van der Waals surface area contributed by atoms with E-state index in [1.54, 1.807) is 0 Å². The van der Waals surface area contributed by atoms with Gasteiger partial charge in [0.05, 0.1) is 0 Å². The molecule has 0 amide bonds. The van der Waals surface area contributed by atoms with Gasteiger partial charge < -0.3 is 10.2 Å². The topological polar surface area (TPSA) is 15.3 Å². The Balaban J connectivity index is 1.84. The molecule has 21 heavy (non-hydrogen) atoms. The summed E-state index contributed by atoms with van der Waals surface area (Å²) in [5.41, 5.74) is 2.83. The molecule has 2 heteroatoms. The highest BCUT2D eigenvalue weighted by Crippen LogP contribution is 2.24. The lowest BCUT2D eigenvalue weighted by atomic mass is 9.89. The first-order valence-corrected chi connectivity index (χ1v) is 8.65. The highest BCUT2D eigenvalue weighted by molar-refractivity contribution is 5.28. The Kier molecular flexibility index (Phi) is 6.25. The summed E-state index contributed by atoms with van der Waals surface area (Å²) in [6.07, 6.45) is 3.96. The average Bonchev–Trinajstić information content (AvgIpc) is 2.48. The number of hydrogen-bond acceptors (Lipinski definition) is 2. The van der Waals surface area contributed by atoms with Crippen LogP contribution >= 0.6 is 0 Å². The van der Waals surface area contributed by atoms with Gasteiger partial charge >= 0.3 is 0 Å². The average molecular weight is 288 g/mol. The molecule has 2 rings (SSSR count). The van der Waals surface area contributed by atoms with E-state index in [1.165, 1.54) is 50.0 Å². The zero-order valence-electron chi connectivity index (χ0n) is 14.2. The van der Waals surface area contributed by atoms with Crippen LogP contribution in [0.3, 0.4) is 0 Å². The second-order valence-corrected chi connectivity index (χ2v) is 6.71. The summed E-state index contributed by atoms with van der Waals surface area (Å²) >= 11 is 0. The molecule has 0 bridgehead atoms. The number of aryl methyl sites for hydroxylation is 1. The van der Waals surface area contributed by atoms with Gasteiger partial charge in [-0.05, 0) is 76.7 Å². The third-order valence-electron chi connectivity index (χ3n) is 5.05. The minimum Gasteiger partial charge on any atom is -0.307 e. The van der Waals surface area contributed by atoms with E-state index in [4.69, 9.17) is 0 Å². The fraction of sp³-hybridized carbons (Fsp3) is 0.684. The van der Waals surface area contributed by atoms with Crippen LogP contribution in [0.25, 0.3) is 0 Å². The fourth-order valence-electron chi connectivity index (χ4n) is 3.69. The molecule has 1 fully saturated rings. The van der Waals surface area contributed by atoms with Crippen LogP contribution < -0.4 is 5.32 Å². The maximum atomic E-state index is 3.83. The molecular weight excluding hydrogens is 256 g/mol. The maximum Gasteiger partial charge on any atom is 0.0296 e. The molecule has 1 aliphatic heterocycles. The van der Waals surface area contributed by atoms with Crippen molar-refractivity contribution in [2.45, 2.75) is 59.0 Å². The largest absolute Gasteiger partial charge is 0.307 e. The molecule has 1 aromatic carbocycles. The van der Waals surface area contributed by atoms with Gasteiger partial charge in [0.15, 0.2) is 0 Å². The second-order valence-electron chi connectivity index (χ2n) is 6.71. The van der Waals surface area contributed by atoms with E-state index >= 15 is 0 Å². The van der Waals surface area contributed by atoms with Crippen LogP contribution in [0.4, 0.5) is 0 Å². The van der Waals surface area contributed by atoms with E-state index in [1.807, 2.05) is 0 Å². The van der Waals surface area contributed by atoms with E-state index in [0.29, 0.717) is 12.1 Å². The van der Waals surface area contributed by atoms with Crippen LogP contribution in [-0.4, -0.2) is 30.6 Å². The van der Waals surface area contributed by atoms with E-state index < -0.39 is 0 Å². The number of rotatable bonds is 6. The monoisotopic (exact) mass is 288 g/mol. The first-order chi connectivity index (χ1) is 10.1. The van der Waals surface area contributed by atoms with Crippen molar-refractivity contribution in [3.8, 4) is 0 Å². The maximum absolute atomic E-state index is 3.83. The van der Waals surface area contributed by atoms with Crippen molar-refractivity contribution in [3.05, 3.63) is 35.4 Å². The van der Waals surface area contributed by atoms with Crippen LogP contribution in [0.15, 0.2) is 24.3 Å². The summed E-state index contributed by atoms with van der Waals surface area (Å²) in [7, 11) is 0. The van der Waals surface area contributed by atoms with Gasteiger partial charge in [0.2, 0.25) is 0 Å². The molecule has 118 valence electrons. The van der Waals surface area contributed by atoms with Gasteiger partial charge in [-0.2, -0.15) is 0 Å². The van der Waals surface area contributed by atoms with Gasteiger partial charge in [-0.1, -0.05) is 31.2 Å². The standard InChI is InChI=1S/C19H32N2/c1-5-12-21-13-10-18(11-14-21)16(3)20-17(4)19-9-7-6-8-15(19)2/h6-9,16-18,20H,5,10-14H2,1-4H3/t16?,17-/m0/s1. The minimum atomic E-state index is 0.440. The van der Waals surface area contributed by atoms with Gasteiger partial charge in [0, 0.05) is 12.1 Å². The van der Waals surface area contributed by atoms with E-state index in [9.17, 15) is 0 Å². The zero-order valence-corrected chi connectivity index (χ0v) is 14.2. The van der Waals surface area contributed by atoms with Crippen molar-refractivity contribution in [3.63, 3.8) is 0 Å². The van der Waals surface area contributed by atoms with E-state index in [-0.39, 0.29) is 0 Å². The first kappa shape index (κ1) is 16.5. The Hall–Kier alpha value is -0.860. The van der Waals surface area contributed by atoms with Gasteiger partial charge in [-0.15, -0.1) is 0 Å². The molecular formula is C19H32N2. The Labute approximate surface area is 130 Å². The summed E-state index contributed by atoms with van der Waals surface area (Å²) in [4.78, 5) is 2.62. The minimum absolute atomic E-state index is 0.440. The van der Waals surface area contributed by atoms with Crippen LogP contribution in [-0.2, 0) is 0 Å². The molecule has 0 radical (unpaired) electrons. The molecule has 0 saturated carbocycles. The molecule has 0 spiro atoms. The molecule has 1 heterocycles. The lowest BCUT2D eigenvalue weighted by Gasteiger charge is -2.36. The molecule has 0 aliphatic carbocycles. The Morgan fingerprint density at radius 1 is 1.19 bits per heavy atom. The zero-order chi connectivity index (χ0) is 15.2. The molecule has 2 nitrogen and oxygen atoms in total. The summed E-state index contributed by atoms with van der Waals surface area (Å²) in [6, 6.07) is 9.77. The number of nitrogens with zero attached hydrogens (tertiary/aromatic N) is 1. The van der Waals surface area contributed by atoms with Gasteiger partial charge in [0.25, 0.3) is 0 Å². The SMILES string of the molecule is CCCN1CCC(C(C)N[C@@H](C)c2ccccc2C)CC1. The number of nitrogens with one attached hydrogen (secondary N) is 1. The summed E-state index contributed by atoms with van der Waals surface area (Å²) < 4.78 is 0. The van der Waals surface area contributed by atoms with Crippen LogP contribution in [0.5, 0.6) is 0 Å². The molecule has 1 N–H and O–H groups in total. The highest BCUT2D eigenvalue weighted by Gasteiger charge is 2.24. The second kappa shape index (κ2) is 7.95. The quantitative estimate of drug-likeness (QED) is 0.845. The van der Waals surface area contributed by atoms with Crippen molar-refractivity contribution < 1.29 is 0 Å². The Bertz CT molecular complexity index is 421. The fourth-order valence-corrected chi connectivity index (χ4v) is 3.69. The Morgan fingerprint density at radius 3 is 2.48 bits per heavy atom. The predicted molar refractivity (Wildman–Crippen MR) is 91.6 cm³/mol.